The van der Waals surface area contributed by atoms with Gasteiger partial charge in [-0.15, -0.1) is 0 Å². The van der Waals surface area contributed by atoms with Gasteiger partial charge in [0.15, 0.2) is 0 Å². The van der Waals surface area contributed by atoms with Crippen LogP contribution in [0.5, 0.6) is 5.75 Å². The van der Waals surface area contributed by atoms with E-state index in [1.165, 1.54) is 6.07 Å². The number of nitrogens with zero attached hydrogens (tertiary/aromatic N) is 4. The van der Waals surface area contributed by atoms with Crippen LogP contribution in [0.25, 0.3) is 0 Å². The highest BCUT2D eigenvalue weighted by Gasteiger charge is 2.15. The van der Waals surface area contributed by atoms with Crippen LogP contribution in [-0.4, -0.2) is 33.4 Å². The SMILES string of the molecule is COc1cccc(/C(C)=N\NC(=O)c2ccc(Cn3nc([N+](=O)[O-])cc3C)cc2)c1. The van der Waals surface area contributed by atoms with Gasteiger partial charge in [0.25, 0.3) is 5.91 Å². The van der Waals surface area contributed by atoms with Crippen molar-refractivity contribution in [2.24, 2.45) is 5.10 Å². The third-order valence-electron chi connectivity index (χ3n) is 4.52. The molecule has 0 unspecified atom stereocenters. The van der Waals surface area contributed by atoms with Crippen LogP contribution in [0.3, 0.4) is 0 Å². The summed E-state index contributed by atoms with van der Waals surface area (Å²) in [6.07, 6.45) is 0. The lowest BCUT2D eigenvalue weighted by Gasteiger charge is -2.06. The van der Waals surface area contributed by atoms with E-state index in [-0.39, 0.29) is 11.7 Å². The highest BCUT2D eigenvalue weighted by Crippen LogP contribution is 2.15. The Morgan fingerprint density at radius 3 is 2.57 bits per heavy atom. The van der Waals surface area contributed by atoms with E-state index >= 15 is 0 Å². The van der Waals surface area contributed by atoms with Crippen molar-refractivity contribution in [1.82, 2.24) is 15.2 Å². The van der Waals surface area contributed by atoms with Gasteiger partial charge in [0.05, 0.1) is 36.2 Å². The highest BCUT2D eigenvalue weighted by molar-refractivity contribution is 6.01. The van der Waals surface area contributed by atoms with E-state index in [2.05, 4.69) is 15.6 Å². The summed E-state index contributed by atoms with van der Waals surface area (Å²) < 4.78 is 6.74. The Balaban J connectivity index is 1.65. The minimum atomic E-state index is -0.523. The molecule has 3 aromatic rings. The lowest BCUT2D eigenvalue weighted by Crippen LogP contribution is -2.19. The zero-order valence-electron chi connectivity index (χ0n) is 16.8. The van der Waals surface area contributed by atoms with Crippen molar-refractivity contribution < 1.29 is 14.5 Å². The number of aromatic nitrogens is 2. The fourth-order valence-electron chi connectivity index (χ4n) is 2.79. The van der Waals surface area contributed by atoms with Crippen molar-refractivity contribution in [3.63, 3.8) is 0 Å². The first-order chi connectivity index (χ1) is 14.4. The summed E-state index contributed by atoms with van der Waals surface area (Å²) in [5, 5.41) is 19.0. The first kappa shape index (κ1) is 20.7. The van der Waals surface area contributed by atoms with E-state index in [0.29, 0.717) is 29.3 Å². The average molecular weight is 407 g/mol. The minimum absolute atomic E-state index is 0.187. The van der Waals surface area contributed by atoms with Gasteiger partial charge in [-0.3, -0.25) is 4.79 Å². The molecule has 0 aliphatic carbocycles. The summed E-state index contributed by atoms with van der Waals surface area (Å²) in [4.78, 5) is 22.7. The Morgan fingerprint density at radius 1 is 1.20 bits per heavy atom. The normalized spacial score (nSPS) is 11.2. The van der Waals surface area contributed by atoms with Crippen LogP contribution in [0.2, 0.25) is 0 Å². The van der Waals surface area contributed by atoms with Gasteiger partial charge in [-0.1, -0.05) is 24.3 Å². The molecule has 9 nitrogen and oxygen atoms in total. The smallest absolute Gasteiger partial charge is 0.390 e. The number of hydrazone groups is 1. The zero-order valence-corrected chi connectivity index (χ0v) is 16.8. The number of carbonyl (C=O) groups excluding carboxylic acids is 1. The summed E-state index contributed by atoms with van der Waals surface area (Å²) >= 11 is 0. The van der Waals surface area contributed by atoms with Crippen molar-refractivity contribution in [2.75, 3.05) is 7.11 Å². The predicted octanol–water partition coefficient (Wildman–Crippen LogP) is 3.31. The Morgan fingerprint density at radius 2 is 1.93 bits per heavy atom. The molecule has 0 spiro atoms. The van der Waals surface area contributed by atoms with Gasteiger partial charge in [-0.2, -0.15) is 9.78 Å². The number of hydrogen-bond acceptors (Lipinski definition) is 6. The molecule has 0 saturated carbocycles. The van der Waals surface area contributed by atoms with Gasteiger partial charge in [0, 0.05) is 11.1 Å². The summed E-state index contributed by atoms with van der Waals surface area (Å²) in [7, 11) is 1.59. The van der Waals surface area contributed by atoms with Crippen LogP contribution in [0, 0.1) is 17.0 Å². The maximum Gasteiger partial charge on any atom is 0.390 e. The number of amides is 1. The second-order valence-electron chi connectivity index (χ2n) is 6.63. The van der Waals surface area contributed by atoms with Crippen LogP contribution in [0.15, 0.2) is 59.7 Å². The van der Waals surface area contributed by atoms with Crippen LogP contribution in [0.1, 0.15) is 34.1 Å². The van der Waals surface area contributed by atoms with Gasteiger partial charge in [0.2, 0.25) is 0 Å². The van der Waals surface area contributed by atoms with Gasteiger partial charge in [0.1, 0.15) is 5.75 Å². The number of aryl methyl sites for hydroxylation is 1. The molecule has 1 heterocycles. The molecular formula is C21H21N5O4. The third-order valence-corrected chi connectivity index (χ3v) is 4.52. The van der Waals surface area contributed by atoms with E-state index in [0.717, 1.165) is 11.1 Å². The van der Waals surface area contributed by atoms with Gasteiger partial charge in [-0.05, 0) is 48.6 Å². The van der Waals surface area contributed by atoms with Crippen molar-refractivity contribution >= 4 is 17.4 Å². The van der Waals surface area contributed by atoms with E-state index in [9.17, 15) is 14.9 Å². The fraction of sp³-hybridized carbons (Fsp3) is 0.190. The molecule has 3 rings (SSSR count). The van der Waals surface area contributed by atoms with E-state index in [1.807, 2.05) is 24.3 Å². The molecule has 0 bridgehead atoms. The number of benzene rings is 2. The molecular weight excluding hydrogens is 386 g/mol. The summed E-state index contributed by atoms with van der Waals surface area (Å²) in [6, 6.07) is 15.7. The molecule has 30 heavy (non-hydrogen) atoms. The first-order valence-corrected chi connectivity index (χ1v) is 9.14. The standard InChI is InChI=1S/C21H21N5O4/c1-14-11-20(26(28)29)24-25(14)13-16-7-9-17(10-8-16)21(27)23-22-15(2)18-5-4-6-19(12-18)30-3/h4-12H,13H2,1-3H3,(H,23,27)/b22-15-. The number of rotatable bonds is 7. The molecule has 9 heteroatoms. The number of carbonyl (C=O) groups is 1. The number of ether oxygens (including phenoxy) is 1. The largest absolute Gasteiger partial charge is 0.497 e. The van der Waals surface area contributed by atoms with E-state index in [4.69, 9.17) is 4.74 Å². The van der Waals surface area contributed by atoms with E-state index in [1.54, 1.807) is 49.9 Å². The zero-order chi connectivity index (χ0) is 21.7. The van der Waals surface area contributed by atoms with Crippen molar-refractivity contribution in [2.45, 2.75) is 20.4 Å². The number of methoxy groups -OCH3 is 1. The Bertz CT molecular complexity index is 1100. The molecule has 2 aromatic carbocycles. The highest BCUT2D eigenvalue weighted by atomic mass is 16.6. The summed E-state index contributed by atoms with van der Waals surface area (Å²) in [5.74, 6) is 0.184. The molecule has 1 aromatic heterocycles. The maximum atomic E-state index is 12.4. The van der Waals surface area contributed by atoms with Crippen LogP contribution in [-0.2, 0) is 6.54 Å². The van der Waals surface area contributed by atoms with Gasteiger partial charge < -0.3 is 14.9 Å². The second kappa shape index (κ2) is 8.99. The summed E-state index contributed by atoms with van der Waals surface area (Å²) in [5.41, 5.74) is 6.03. The Labute approximate surface area is 173 Å². The molecule has 1 N–H and O–H groups in total. The van der Waals surface area contributed by atoms with Crippen molar-refractivity contribution in [1.29, 1.82) is 0 Å². The van der Waals surface area contributed by atoms with E-state index < -0.39 is 4.92 Å². The number of nitro groups is 1. The molecule has 154 valence electrons. The average Bonchev–Trinajstić information content (AvgIpc) is 3.13. The Hall–Kier alpha value is -4.01. The van der Waals surface area contributed by atoms with Gasteiger partial charge in [-0.25, -0.2) is 5.43 Å². The molecule has 0 saturated heterocycles. The lowest BCUT2D eigenvalue weighted by molar-refractivity contribution is -0.389. The second-order valence-corrected chi connectivity index (χ2v) is 6.63. The van der Waals surface area contributed by atoms with Crippen LogP contribution >= 0.6 is 0 Å². The third kappa shape index (κ3) is 4.88. The van der Waals surface area contributed by atoms with Gasteiger partial charge >= 0.3 is 5.82 Å². The molecule has 0 atom stereocenters. The van der Waals surface area contributed by atoms with Crippen molar-refractivity contribution in [3.05, 3.63) is 87.1 Å². The molecule has 0 radical (unpaired) electrons. The van der Waals surface area contributed by atoms with Crippen LogP contribution < -0.4 is 10.2 Å². The predicted molar refractivity (Wildman–Crippen MR) is 112 cm³/mol. The summed E-state index contributed by atoms with van der Waals surface area (Å²) in [6.45, 7) is 3.92. The number of hydrogen-bond donors (Lipinski definition) is 1. The van der Waals surface area contributed by atoms with Crippen LogP contribution in [0.4, 0.5) is 5.82 Å². The quantitative estimate of drug-likeness (QED) is 0.367. The molecule has 0 aliphatic rings. The first-order valence-electron chi connectivity index (χ1n) is 9.14. The van der Waals surface area contributed by atoms with Crippen molar-refractivity contribution in [3.8, 4) is 5.75 Å². The molecule has 0 fully saturated rings. The molecule has 1 amide bonds. The fourth-order valence-corrected chi connectivity index (χ4v) is 2.79. The Kier molecular flexibility index (Phi) is 6.21. The monoisotopic (exact) mass is 407 g/mol. The lowest BCUT2D eigenvalue weighted by atomic mass is 10.1. The topological polar surface area (TPSA) is 112 Å². The molecule has 0 aliphatic heterocycles. The maximum absolute atomic E-state index is 12.4. The number of nitrogens with one attached hydrogen (secondary N) is 1. The minimum Gasteiger partial charge on any atom is -0.497 e.